The molecule has 0 aliphatic rings. The second-order valence-corrected chi connectivity index (χ2v) is 2.81. The molecular weight excluding hydrogens is 139 g/mol. The Kier molecular flexibility index (Phi) is 38.2. The van der Waals surface area contributed by atoms with Gasteiger partial charge in [-0.3, -0.25) is 0 Å². The lowest BCUT2D eigenvalue weighted by molar-refractivity contribution is 0.750. The largest absolute Gasteiger partial charge is 0.137 e. The summed E-state index contributed by atoms with van der Waals surface area (Å²) in [5.41, 5.74) is 0. The summed E-state index contributed by atoms with van der Waals surface area (Å²) in [6.45, 7) is 12.7. The third-order valence-electron chi connectivity index (χ3n) is 0.471. The molecule has 0 aromatic carbocycles. The van der Waals surface area contributed by atoms with E-state index in [1.165, 1.54) is 12.6 Å². The number of hydrogen-bond acceptors (Lipinski definition) is 0. The summed E-state index contributed by atoms with van der Waals surface area (Å²) in [7, 11) is 2.69. The normalized spacial score (nSPS) is 7.20. The van der Waals surface area contributed by atoms with E-state index in [4.69, 9.17) is 0 Å². The van der Waals surface area contributed by atoms with Gasteiger partial charge in [0.15, 0.2) is 0 Å². The van der Waals surface area contributed by atoms with Crippen LogP contribution < -0.4 is 0 Å². The summed E-state index contributed by atoms with van der Waals surface area (Å²) in [6, 6.07) is 0. The quantitative estimate of drug-likeness (QED) is 0.514. The standard InChI is InChI=1S/C4H11P.C3H8.C2H6/c1-4(2)3-5;1-3-2;1-2/h4H,3,5H2,1-2H3;3H2,1-2H3;1-2H3. The van der Waals surface area contributed by atoms with Crippen molar-refractivity contribution in [3.8, 4) is 0 Å². The summed E-state index contributed by atoms with van der Waals surface area (Å²) in [5, 5.41) is 0. The maximum atomic E-state index is 2.69. The molecular formula is C9H25P. The predicted octanol–water partition coefficient (Wildman–Crippen LogP) is 3.96. The third-order valence-corrected chi connectivity index (χ3v) is 1.41. The molecule has 0 N–H and O–H groups in total. The van der Waals surface area contributed by atoms with Crippen LogP contribution in [0.4, 0.5) is 0 Å². The Morgan fingerprint density at radius 1 is 1.10 bits per heavy atom. The molecule has 0 bridgehead atoms. The van der Waals surface area contributed by atoms with Crippen LogP contribution in [0.5, 0.6) is 0 Å². The molecule has 0 spiro atoms. The zero-order valence-electron chi connectivity index (χ0n) is 8.57. The van der Waals surface area contributed by atoms with Crippen molar-refractivity contribution in [3.05, 3.63) is 0 Å². The van der Waals surface area contributed by atoms with Gasteiger partial charge in [-0.15, -0.1) is 9.24 Å². The third kappa shape index (κ3) is 78.8. The Morgan fingerprint density at radius 2 is 1.20 bits per heavy atom. The van der Waals surface area contributed by atoms with Gasteiger partial charge in [-0.2, -0.15) is 0 Å². The fourth-order valence-electron chi connectivity index (χ4n) is 0. The first-order valence-corrected chi connectivity index (χ1v) is 5.20. The van der Waals surface area contributed by atoms with Crippen LogP contribution in [-0.4, -0.2) is 6.16 Å². The van der Waals surface area contributed by atoms with Crippen molar-refractivity contribution in [1.82, 2.24) is 0 Å². The number of hydrogen-bond donors (Lipinski definition) is 0. The molecule has 0 fully saturated rings. The first kappa shape index (κ1) is 16.8. The molecule has 1 atom stereocenters. The van der Waals surface area contributed by atoms with E-state index in [9.17, 15) is 0 Å². The monoisotopic (exact) mass is 164 g/mol. The summed E-state index contributed by atoms with van der Waals surface area (Å²) in [6.07, 6.45) is 2.47. The van der Waals surface area contributed by atoms with E-state index < -0.39 is 0 Å². The molecule has 0 saturated carbocycles. The maximum Gasteiger partial charge on any atom is -0.0358 e. The molecule has 0 nitrogen and oxygen atoms in total. The van der Waals surface area contributed by atoms with Crippen LogP contribution in [0.2, 0.25) is 0 Å². The van der Waals surface area contributed by atoms with Crippen LogP contribution in [0.25, 0.3) is 0 Å². The molecule has 10 heavy (non-hydrogen) atoms. The van der Waals surface area contributed by atoms with E-state index >= 15 is 0 Å². The zero-order valence-corrected chi connectivity index (χ0v) is 9.72. The van der Waals surface area contributed by atoms with Gasteiger partial charge in [-0.25, -0.2) is 0 Å². The van der Waals surface area contributed by atoms with Crippen molar-refractivity contribution in [2.75, 3.05) is 6.16 Å². The topological polar surface area (TPSA) is 0 Å². The van der Waals surface area contributed by atoms with E-state index in [0.717, 1.165) is 5.92 Å². The van der Waals surface area contributed by atoms with Crippen LogP contribution in [0, 0.1) is 5.92 Å². The van der Waals surface area contributed by atoms with E-state index in [2.05, 4.69) is 36.9 Å². The summed E-state index contributed by atoms with van der Waals surface area (Å²) in [5.74, 6) is 0.847. The van der Waals surface area contributed by atoms with Gasteiger partial charge in [0.1, 0.15) is 0 Å². The molecule has 0 aromatic heterocycles. The minimum Gasteiger partial charge on any atom is -0.137 e. The van der Waals surface area contributed by atoms with E-state index in [1.807, 2.05) is 13.8 Å². The average molecular weight is 164 g/mol. The van der Waals surface area contributed by atoms with Crippen LogP contribution in [0.1, 0.15) is 48.0 Å². The van der Waals surface area contributed by atoms with Gasteiger partial charge in [-0.1, -0.05) is 48.0 Å². The highest BCUT2D eigenvalue weighted by Gasteiger charge is 1.80. The molecule has 0 aromatic rings. The lowest BCUT2D eigenvalue weighted by Crippen LogP contribution is -1.82. The van der Waals surface area contributed by atoms with E-state index in [0.29, 0.717) is 0 Å². The first-order chi connectivity index (χ1) is 4.68. The van der Waals surface area contributed by atoms with Gasteiger partial charge in [-0.05, 0) is 12.1 Å². The average Bonchev–Trinajstić information content (AvgIpc) is 1.94. The van der Waals surface area contributed by atoms with E-state index in [1.54, 1.807) is 0 Å². The summed E-state index contributed by atoms with van der Waals surface area (Å²) < 4.78 is 0. The van der Waals surface area contributed by atoms with Gasteiger partial charge in [0.2, 0.25) is 0 Å². The summed E-state index contributed by atoms with van der Waals surface area (Å²) in [4.78, 5) is 0. The molecule has 0 radical (unpaired) electrons. The first-order valence-electron chi connectivity index (χ1n) is 4.39. The van der Waals surface area contributed by atoms with Crippen molar-refractivity contribution in [3.63, 3.8) is 0 Å². The van der Waals surface area contributed by atoms with Crippen molar-refractivity contribution in [2.45, 2.75) is 48.0 Å². The Hall–Kier alpha value is 0.430. The van der Waals surface area contributed by atoms with Crippen LogP contribution in [0.3, 0.4) is 0 Å². The highest BCUT2D eigenvalue weighted by atomic mass is 31.0. The molecule has 0 amide bonds. The van der Waals surface area contributed by atoms with Crippen LogP contribution in [-0.2, 0) is 0 Å². The highest BCUT2D eigenvalue weighted by Crippen LogP contribution is 1.94. The summed E-state index contributed by atoms with van der Waals surface area (Å²) >= 11 is 0. The molecule has 1 heteroatoms. The minimum absolute atomic E-state index is 0.847. The van der Waals surface area contributed by atoms with Gasteiger partial charge >= 0.3 is 0 Å². The SMILES string of the molecule is CC.CC(C)CP.CCC. The van der Waals surface area contributed by atoms with E-state index in [-0.39, 0.29) is 0 Å². The highest BCUT2D eigenvalue weighted by molar-refractivity contribution is 7.16. The van der Waals surface area contributed by atoms with Crippen molar-refractivity contribution in [1.29, 1.82) is 0 Å². The predicted molar refractivity (Wildman–Crippen MR) is 56.7 cm³/mol. The molecule has 0 aliphatic heterocycles. The second kappa shape index (κ2) is 22.7. The molecule has 0 saturated heterocycles. The lowest BCUT2D eigenvalue weighted by atomic mass is 10.3. The van der Waals surface area contributed by atoms with Crippen molar-refractivity contribution in [2.24, 2.45) is 5.92 Å². The molecule has 0 aliphatic carbocycles. The molecule has 0 rings (SSSR count). The lowest BCUT2D eigenvalue weighted by Gasteiger charge is -1.90. The van der Waals surface area contributed by atoms with Gasteiger partial charge in [0.25, 0.3) is 0 Å². The molecule has 1 unspecified atom stereocenters. The van der Waals surface area contributed by atoms with Crippen LogP contribution in [0.15, 0.2) is 0 Å². The second-order valence-electron chi connectivity index (χ2n) is 2.34. The van der Waals surface area contributed by atoms with Crippen molar-refractivity contribution >= 4 is 9.24 Å². The molecule has 66 valence electrons. The van der Waals surface area contributed by atoms with Crippen molar-refractivity contribution < 1.29 is 0 Å². The van der Waals surface area contributed by atoms with Gasteiger partial charge < -0.3 is 0 Å². The van der Waals surface area contributed by atoms with Crippen LogP contribution >= 0.6 is 9.24 Å². The minimum atomic E-state index is 0.847. The zero-order chi connectivity index (χ0) is 8.99. The van der Waals surface area contributed by atoms with Gasteiger partial charge in [0.05, 0.1) is 0 Å². The Morgan fingerprint density at radius 3 is 1.20 bits per heavy atom. The Balaban J connectivity index is -0.0000000847. The van der Waals surface area contributed by atoms with Gasteiger partial charge in [0, 0.05) is 0 Å². The maximum absolute atomic E-state index is 2.69. The smallest absolute Gasteiger partial charge is 0.0358 e. The Bertz CT molecular complexity index is 25.9. The fraction of sp³-hybridized carbons (Fsp3) is 1.00. The fourth-order valence-corrected chi connectivity index (χ4v) is 0. The Labute approximate surface area is 70.0 Å². The number of rotatable bonds is 1. The molecule has 0 heterocycles.